The Morgan fingerprint density at radius 2 is 1.89 bits per heavy atom. The van der Waals surface area contributed by atoms with Crippen molar-refractivity contribution in [1.29, 1.82) is 0 Å². The molecule has 37 heavy (non-hydrogen) atoms. The SMILES string of the molecule is Cc1[nH]c([C@H](C(C)C)N2C(=O)N[C@H](c3ccc(OC[C@H](O)CO)cc3)C2=O)nc1-c1ccc(I)cc1Cl. The summed E-state index contributed by atoms with van der Waals surface area (Å²) in [4.78, 5) is 35.9. The van der Waals surface area contributed by atoms with E-state index in [1.165, 1.54) is 4.90 Å². The second-order valence-electron chi connectivity index (χ2n) is 9.22. The van der Waals surface area contributed by atoms with Crippen LogP contribution in [-0.4, -0.2) is 56.3 Å². The van der Waals surface area contributed by atoms with Crippen LogP contribution < -0.4 is 10.1 Å². The van der Waals surface area contributed by atoms with Crippen LogP contribution in [0.25, 0.3) is 11.3 Å². The average Bonchev–Trinajstić information content (AvgIpc) is 3.37. The number of amides is 3. The van der Waals surface area contributed by atoms with E-state index < -0.39 is 30.8 Å². The van der Waals surface area contributed by atoms with E-state index in [1.54, 1.807) is 24.3 Å². The van der Waals surface area contributed by atoms with Gasteiger partial charge in [-0.05, 0) is 65.3 Å². The molecule has 1 aliphatic heterocycles. The first kappa shape index (κ1) is 27.4. The van der Waals surface area contributed by atoms with Crippen LogP contribution in [-0.2, 0) is 4.79 Å². The molecule has 4 rings (SSSR count). The molecule has 0 spiro atoms. The van der Waals surface area contributed by atoms with Crippen molar-refractivity contribution in [3.63, 3.8) is 0 Å². The van der Waals surface area contributed by atoms with Crippen molar-refractivity contribution >= 4 is 46.1 Å². The predicted molar refractivity (Wildman–Crippen MR) is 147 cm³/mol. The molecule has 1 fully saturated rings. The molecule has 9 nitrogen and oxygen atoms in total. The summed E-state index contributed by atoms with van der Waals surface area (Å²) in [5.74, 6) is 0.481. The fourth-order valence-corrected chi connectivity index (χ4v) is 5.23. The largest absolute Gasteiger partial charge is 0.491 e. The Labute approximate surface area is 233 Å². The molecule has 0 unspecified atom stereocenters. The minimum absolute atomic E-state index is 0.0588. The number of halogens is 2. The molecule has 0 radical (unpaired) electrons. The van der Waals surface area contributed by atoms with Gasteiger partial charge in [0.2, 0.25) is 0 Å². The lowest BCUT2D eigenvalue weighted by molar-refractivity contribution is -0.130. The molecular weight excluding hydrogens is 611 g/mol. The van der Waals surface area contributed by atoms with Crippen molar-refractivity contribution in [1.82, 2.24) is 20.2 Å². The number of rotatable bonds is 9. The number of aryl methyl sites for hydroxylation is 1. The third kappa shape index (κ3) is 5.77. The number of H-pyrrole nitrogens is 1. The summed E-state index contributed by atoms with van der Waals surface area (Å²) in [7, 11) is 0. The van der Waals surface area contributed by atoms with Crippen LogP contribution in [0.3, 0.4) is 0 Å². The van der Waals surface area contributed by atoms with E-state index in [0.717, 1.165) is 14.8 Å². The van der Waals surface area contributed by atoms with E-state index in [-0.39, 0.29) is 18.4 Å². The Kier molecular flexibility index (Phi) is 8.42. The number of urea groups is 1. The van der Waals surface area contributed by atoms with Crippen molar-refractivity contribution in [2.24, 2.45) is 5.92 Å². The van der Waals surface area contributed by atoms with Crippen LogP contribution in [0.4, 0.5) is 4.79 Å². The molecule has 3 atom stereocenters. The van der Waals surface area contributed by atoms with Crippen molar-refractivity contribution in [2.45, 2.75) is 39.0 Å². The number of nitrogens with zero attached hydrogens (tertiary/aromatic N) is 2. The topological polar surface area (TPSA) is 128 Å². The first-order valence-corrected chi connectivity index (χ1v) is 13.2. The second-order valence-corrected chi connectivity index (χ2v) is 10.9. The molecule has 4 N–H and O–H groups in total. The van der Waals surface area contributed by atoms with E-state index in [4.69, 9.17) is 26.4 Å². The molecule has 0 bridgehead atoms. The minimum atomic E-state index is -0.982. The molecule has 3 amide bonds. The van der Waals surface area contributed by atoms with Crippen LogP contribution >= 0.6 is 34.2 Å². The highest BCUT2D eigenvalue weighted by atomic mass is 127. The van der Waals surface area contributed by atoms with Gasteiger partial charge in [0.25, 0.3) is 5.91 Å². The first-order chi connectivity index (χ1) is 17.6. The van der Waals surface area contributed by atoms with Crippen molar-refractivity contribution in [2.75, 3.05) is 13.2 Å². The molecule has 3 aromatic rings. The van der Waals surface area contributed by atoms with Gasteiger partial charge in [-0.25, -0.2) is 9.78 Å². The number of benzene rings is 2. The van der Waals surface area contributed by atoms with E-state index in [1.807, 2.05) is 39.0 Å². The molecule has 0 saturated carbocycles. The summed E-state index contributed by atoms with van der Waals surface area (Å²) in [6.45, 7) is 5.29. The maximum atomic E-state index is 13.5. The Bertz CT molecular complexity index is 1300. The lowest BCUT2D eigenvalue weighted by atomic mass is 10.0. The molecule has 1 aromatic heterocycles. The van der Waals surface area contributed by atoms with Crippen molar-refractivity contribution < 1.29 is 24.5 Å². The minimum Gasteiger partial charge on any atom is -0.491 e. The predicted octanol–water partition coefficient (Wildman–Crippen LogP) is 4.37. The number of aromatic nitrogens is 2. The number of hydrogen-bond donors (Lipinski definition) is 4. The average molecular weight is 639 g/mol. The first-order valence-electron chi connectivity index (χ1n) is 11.8. The number of aromatic amines is 1. The van der Waals surface area contributed by atoms with Crippen molar-refractivity contribution in [3.8, 4) is 17.0 Å². The van der Waals surface area contributed by atoms with E-state index >= 15 is 0 Å². The fraction of sp³-hybridized carbons (Fsp3) is 0.346. The van der Waals surface area contributed by atoms with Gasteiger partial charge < -0.3 is 25.3 Å². The standard InChI is InChI=1S/C26H28ClIN4O5/c1-13(2)23(24-29-14(3)21(30-24)19-9-6-16(28)10-20(19)27)32-25(35)22(31-26(32)36)15-4-7-18(8-5-15)37-12-17(34)11-33/h4-10,13,17,22-23,33-34H,11-12H2,1-3H3,(H,29,30)(H,31,36)/t17-,22-,23+/m1/s1. The van der Waals surface area contributed by atoms with Gasteiger partial charge >= 0.3 is 6.03 Å². The number of imidazole rings is 1. The second kappa shape index (κ2) is 11.4. The Morgan fingerprint density at radius 1 is 1.19 bits per heavy atom. The number of nitrogens with one attached hydrogen (secondary N) is 2. The lowest BCUT2D eigenvalue weighted by Gasteiger charge is -2.27. The third-order valence-corrected chi connectivity index (χ3v) is 7.10. The van der Waals surface area contributed by atoms with E-state index in [2.05, 4.69) is 32.9 Å². The van der Waals surface area contributed by atoms with Gasteiger partial charge in [0.05, 0.1) is 17.3 Å². The number of hydrogen-bond acceptors (Lipinski definition) is 6. The van der Waals surface area contributed by atoms with Gasteiger partial charge in [-0.15, -0.1) is 0 Å². The van der Waals surface area contributed by atoms with Gasteiger partial charge in [-0.3, -0.25) is 9.69 Å². The van der Waals surface area contributed by atoms with E-state index in [0.29, 0.717) is 27.9 Å². The molecule has 0 aliphatic carbocycles. The van der Waals surface area contributed by atoms with Gasteiger partial charge in [0.1, 0.15) is 36.4 Å². The number of imide groups is 1. The van der Waals surface area contributed by atoms with Gasteiger partial charge in [-0.2, -0.15) is 0 Å². The Morgan fingerprint density at radius 3 is 2.51 bits per heavy atom. The van der Waals surface area contributed by atoms with Crippen LogP contribution in [0.5, 0.6) is 5.75 Å². The highest BCUT2D eigenvalue weighted by Crippen LogP contribution is 2.37. The van der Waals surface area contributed by atoms with Crippen LogP contribution in [0.2, 0.25) is 5.02 Å². The number of aliphatic hydroxyl groups is 2. The maximum absolute atomic E-state index is 13.5. The zero-order valence-corrected chi connectivity index (χ0v) is 23.4. The Hall–Kier alpha value is -2.67. The molecule has 1 saturated heterocycles. The summed E-state index contributed by atoms with van der Waals surface area (Å²) >= 11 is 8.68. The molecule has 2 heterocycles. The quantitative estimate of drug-likeness (QED) is 0.204. The van der Waals surface area contributed by atoms with Crippen LogP contribution in [0.15, 0.2) is 42.5 Å². The zero-order chi connectivity index (χ0) is 26.9. The van der Waals surface area contributed by atoms with Gasteiger partial charge in [0.15, 0.2) is 0 Å². The molecule has 196 valence electrons. The number of aliphatic hydroxyl groups excluding tert-OH is 2. The maximum Gasteiger partial charge on any atom is 0.325 e. The highest BCUT2D eigenvalue weighted by molar-refractivity contribution is 14.1. The molecule has 11 heteroatoms. The Balaban J connectivity index is 1.59. The van der Waals surface area contributed by atoms with E-state index in [9.17, 15) is 14.7 Å². The highest BCUT2D eigenvalue weighted by Gasteiger charge is 2.45. The number of carbonyl (C=O) groups excluding carboxylic acids is 2. The smallest absolute Gasteiger partial charge is 0.325 e. The fourth-order valence-electron chi connectivity index (χ4n) is 4.29. The monoisotopic (exact) mass is 638 g/mol. The van der Waals surface area contributed by atoms with Crippen LogP contribution in [0, 0.1) is 16.4 Å². The summed E-state index contributed by atoms with van der Waals surface area (Å²) in [5, 5.41) is 21.7. The number of ether oxygens (including phenoxy) is 1. The third-order valence-electron chi connectivity index (χ3n) is 6.12. The lowest BCUT2D eigenvalue weighted by Crippen LogP contribution is -2.38. The molecular formula is C26H28ClIN4O5. The summed E-state index contributed by atoms with van der Waals surface area (Å²) in [6, 6.07) is 10.4. The van der Waals surface area contributed by atoms with Crippen LogP contribution in [0.1, 0.15) is 43.0 Å². The van der Waals surface area contributed by atoms with Gasteiger partial charge in [-0.1, -0.05) is 43.6 Å². The van der Waals surface area contributed by atoms with Crippen molar-refractivity contribution in [3.05, 3.63) is 68.1 Å². The summed E-state index contributed by atoms with van der Waals surface area (Å²) in [6.07, 6.45) is -0.982. The number of carbonyl (C=O) groups is 2. The normalized spacial score (nSPS) is 17.3. The summed E-state index contributed by atoms with van der Waals surface area (Å²) < 4.78 is 6.43. The molecule has 1 aliphatic rings. The van der Waals surface area contributed by atoms with Gasteiger partial charge in [0, 0.05) is 14.8 Å². The summed E-state index contributed by atoms with van der Waals surface area (Å²) in [5.41, 5.74) is 2.83. The zero-order valence-electron chi connectivity index (χ0n) is 20.5. The molecule has 2 aromatic carbocycles.